The SMILES string of the molecule is CC1(C(=O)N2CCCC(CNS(N)(=O)=O)C2)CCCC1N. The predicted molar refractivity (Wildman–Crippen MR) is 80.3 cm³/mol. The van der Waals surface area contributed by atoms with Crippen LogP contribution in [0.1, 0.15) is 39.0 Å². The number of nitrogens with one attached hydrogen (secondary N) is 1. The first-order chi connectivity index (χ1) is 9.72. The molecule has 1 saturated heterocycles. The normalized spacial score (nSPS) is 34.1. The van der Waals surface area contributed by atoms with E-state index in [2.05, 4.69) is 4.72 Å². The molecule has 122 valence electrons. The summed E-state index contributed by atoms with van der Waals surface area (Å²) in [5, 5.41) is 4.95. The van der Waals surface area contributed by atoms with Crippen LogP contribution < -0.4 is 15.6 Å². The lowest BCUT2D eigenvalue weighted by atomic mass is 9.82. The number of nitrogens with two attached hydrogens (primary N) is 2. The Morgan fingerprint density at radius 2 is 2.10 bits per heavy atom. The molecular weight excluding hydrogens is 292 g/mol. The molecule has 2 rings (SSSR count). The summed E-state index contributed by atoms with van der Waals surface area (Å²) in [4.78, 5) is 14.6. The van der Waals surface area contributed by atoms with E-state index in [1.165, 1.54) is 0 Å². The maximum Gasteiger partial charge on any atom is 0.274 e. The van der Waals surface area contributed by atoms with Crippen molar-refractivity contribution < 1.29 is 13.2 Å². The molecule has 1 saturated carbocycles. The molecule has 0 aromatic carbocycles. The Kier molecular flexibility index (Phi) is 4.92. The maximum atomic E-state index is 12.8. The number of carbonyl (C=O) groups excluding carboxylic acids is 1. The van der Waals surface area contributed by atoms with Gasteiger partial charge < -0.3 is 10.6 Å². The van der Waals surface area contributed by atoms with Crippen LogP contribution in [0.5, 0.6) is 0 Å². The lowest BCUT2D eigenvalue weighted by Gasteiger charge is -2.39. The topological polar surface area (TPSA) is 119 Å². The summed E-state index contributed by atoms with van der Waals surface area (Å²) < 4.78 is 24.3. The highest BCUT2D eigenvalue weighted by atomic mass is 32.2. The summed E-state index contributed by atoms with van der Waals surface area (Å²) in [5.74, 6) is 0.232. The van der Waals surface area contributed by atoms with E-state index in [1.54, 1.807) is 0 Å². The van der Waals surface area contributed by atoms with E-state index in [0.29, 0.717) is 6.54 Å². The second-order valence-corrected chi connectivity index (χ2v) is 7.95. The van der Waals surface area contributed by atoms with Crippen LogP contribution in [0.15, 0.2) is 0 Å². The zero-order chi connectivity index (χ0) is 15.7. The fraction of sp³-hybridized carbons (Fsp3) is 0.923. The fourth-order valence-electron chi connectivity index (χ4n) is 3.47. The van der Waals surface area contributed by atoms with Gasteiger partial charge in [-0.05, 0) is 38.5 Å². The number of nitrogens with zero attached hydrogens (tertiary/aromatic N) is 1. The van der Waals surface area contributed by atoms with Crippen molar-refractivity contribution in [2.45, 2.75) is 45.1 Å². The molecular formula is C13H26N4O3S. The van der Waals surface area contributed by atoms with E-state index in [4.69, 9.17) is 10.9 Å². The van der Waals surface area contributed by atoms with E-state index in [9.17, 15) is 13.2 Å². The van der Waals surface area contributed by atoms with Crippen molar-refractivity contribution in [2.75, 3.05) is 19.6 Å². The standard InChI is InChI=1S/C13H26N4O3S/c1-13(6-2-5-11(13)14)12(18)17-7-3-4-10(9-17)8-16-21(15,19)20/h10-11,16H,2-9,14H2,1H3,(H2,15,19,20). The third kappa shape index (κ3) is 3.94. The van der Waals surface area contributed by atoms with Crippen LogP contribution >= 0.6 is 0 Å². The molecule has 5 N–H and O–H groups in total. The van der Waals surface area contributed by atoms with Gasteiger partial charge in [0.1, 0.15) is 0 Å². The van der Waals surface area contributed by atoms with E-state index >= 15 is 0 Å². The third-order valence-electron chi connectivity index (χ3n) is 4.90. The van der Waals surface area contributed by atoms with Crippen molar-refractivity contribution in [3.05, 3.63) is 0 Å². The third-order valence-corrected chi connectivity index (χ3v) is 5.47. The van der Waals surface area contributed by atoms with E-state index in [1.807, 2.05) is 11.8 Å². The first-order valence-corrected chi connectivity index (χ1v) is 9.09. The number of likely N-dealkylation sites (tertiary alicyclic amines) is 1. The molecule has 1 aliphatic heterocycles. The van der Waals surface area contributed by atoms with Gasteiger partial charge in [0.2, 0.25) is 5.91 Å². The fourth-order valence-corrected chi connectivity index (χ4v) is 3.94. The Labute approximate surface area is 126 Å². The quantitative estimate of drug-likeness (QED) is 0.649. The van der Waals surface area contributed by atoms with Crippen molar-refractivity contribution in [1.29, 1.82) is 0 Å². The summed E-state index contributed by atoms with van der Waals surface area (Å²) in [6.07, 6.45) is 4.51. The zero-order valence-electron chi connectivity index (χ0n) is 12.5. The minimum atomic E-state index is -3.67. The average molecular weight is 318 g/mol. The molecule has 21 heavy (non-hydrogen) atoms. The van der Waals surface area contributed by atoms with Gasteiger partial charge in [0.05, 0.1) is 5.41 Å². The van der Waals surface area contributed by atoms with Gasteiger partial charge in [-0.25, -0.2) is 9.86 Å². The largest absolute Gasteiger partial charge is 0.342 e. The zero-order valence-corrected chi connectivity index (χ0v) is 13.4. The number of rotatable bonds is 4. The van der Waals surface area contributed by atoms with E-state index < -0.39 is 15.6 Å². The monoisotopic (exact) mass is 318 g/mol. The summed E-state index contributed by atoms with van der Waals surface area (Å²) in [6.45, 7) is 3.54. The lowest BCUT2D eigenvalue weighted by molar-refractivity contribution is -0.143. The number of hydrogen-bond acceptors (Lipinski definition) is 4. The Hall–Kier alpha value is -0.700. The molecule has 1 amide bonds. The van der Waals surface area contributed by atoms with Gasteiger partial charge in [0, 0.05) is 25.7 Å². The Bertz CT molecular complexity index is 496. The van der Waals surface area contributed by atoms with Gasteiger partial charge >= 0.3 is 0 Å². The van der Waals surface area contributed by atoms with Gasteiger partial charge in [-0.15, -0.1) is 0 Å². The Morgan fingerprint density at radius 3 is 2.67 bits per heavy atom. The summed E-state index contributed by atoms with van der Waals surface area (Å²) >= 11 is 0. The molecule has 0 aromatic rings. The number of piperidine rings is 1. The minimum Gasteiger partial charge on any atom is -0.342 e. The van der Waals surface area contributed by atoms with Crippen LogP contribution in [0.3, 0.4) is 0 Å². The molecule has 7 nitrogen and oxygen atoms in total. The number of carbonyl (C=O) groups is 1. The number of amides is 1. The summed E-state index contributed by atoms with van der Waals surface area (Å²) in [5.41, 5.74) is 5.65. The highest BCUT2D eigenvalue weighted by molar-refractivity contribution is 7.87. The summed E-state index contributed by atoms with van der Waals surface area (Å²) in [6, 6.07) is -0.0760. The molecule has 0 radical (unpaired) electrons. The first kappa shape index (κ1) is 16.7. The maximum absolute atomic E-state index is 12.8. The average Bonchev–Trinajstić information content (AvgIpc) is 2.76. The molecule has 2 aliphatic rings. The van der Waals surface area contributed by atoms with Gasteiger partial charge in [0.25, 0.3) is 10.2 Å². The lowest BCUT2D eigenvalue weighted by Crippen LogP contribution is -2.53. The van der Waals surface area contributed by atoms with Gasteiger partial charge in [-0.3, -0.25) is 4.79 Å². The van der Waals surface area contributed by atoms with Gasteiger partial charge in [-0.2, -0.15) is 8.42 Å². The Morgan fingerprint density at radius 1 is 1.38 bits per heavy atom. The second kappa shape index (κ2) is 6.20. The number of hydrogen-bond donors (Lipinski definition) is 3. The Balaban J connectivity index is 1.96. The van der Waals surface area contributed by atoms with Crippen molar-refractivity contribution in [3.63, 3.8) is 0 Å². The van der Waals surface area contributed by atoms with Crippen molar-refractivity contribution in [1.82, 2.24) is 9.62 Å². The molecule has 2 fully saturated rings. The molecule has 0 spiro atoms. The smallest absolute Gasteiger partial charge is 0.274 e. The van der Waals surface area contributed by atoms with Gasteiger partial charge in [0.15, 0.2) is 0 Å². The molecule has 8 heteroatoms. The van der Waals surface area contributed by atoms with Crippen LogP contribution in [-0.4, -0.2) is 44.9 Å². The highest BCUT2D eigenvalue weighted by Gasteiger charge is 2.45. The van der Waals surface area contributed by atoms with Crippen LogP contribution in [-0.2, 0) is 15.0 Å². The highest BCUT2D eigenvalue weighted by Crippen LogP contribution is 2.39. The van der Waals surface area contributed by atoms with Gasteiger partial charge in [-0.1, -0.05) is 6.42 Å². The molecule has 0 aromatic heterocycles. The van der Waals surface area contributed by atoms with Crippen molar-refractivity contribution >= 4 is 16.1 Å². The van der Waals surface area contributed by atoms with Crippen LogP contribution in [0.2, 0.25) is 0 Å². The van der Waals surface area contributed by atoms with Crippen LogP contribution in [0, 0.1) is 11.3 Å². The van der Waals surface area contributed by atoms with Crippen molar-refractivity contribution in [2.24, 2.45) is 22.2 Å². The molecule has 3 unspecified atom stereocenters. The van der Waals surface area contributed by atoms with E-state index in [0.717, 1.165) is 38.6 Å². The predicted octanol–water partition coefficient (Wildman–Crippen LogP) is -0.464. The molecule has 1 aliphatic carbocycles. The van der Waals surface area contributed by atoms with Crippen molar-refractivity contribution in [3.8, 4) is 0 Å². The van der Waals surface area contributed by atoms with E-state index in [-0.39, 0.29) is 24.4 Å². The summed E-state index contributed by atoms with van der Waals surface area (Å²) in [7, 11) is -3.67. The second-order valence-electron chi connectivity index (χ2n) is 6.57. The first-order valence-electron chi connectivity index (χ1n) is 7.55. The van der Waals surface area contributed by atoms with Crippen LogP contribution in [0.25, 0.3) is 0 Å². The van der Waals surface area contributed by atoms with Crippen LogP contribution in [0.4, 0.5) is 0 Å². The minimum absolute atomic E-state index is 0.0760. The molecule has 0 bridgehead atoms. The molecule has 1 heterocycles. The molecule has 3 atom stereocenters.